The summed E-state index contributed by atoms with van der Waals surface area (Å²) < 4.78 is 59.0. The third-order valence-electron chi connectivity index (χ3n) is 5.04. The predicted octanol–water partition coefficient (Wildman–Crippen LogP) is 2.76. The van der Waals surface area contributed by atoms with Gasteiger partial charge in [-0.1, -0.05) is 0 Å². The first kappa shape index (κ1) is 25.8. The van der Waals surface area contributed by atoms with Gasteiger partial charge in [0.05, 0.1) is 42.7 Å². The van der Waals surface area contributed by atoms with Crippen LogP contribution in [0.15, 0.2) is 36.5 Å². The second-order valence-electron chi connectivity index (χ2n) is 7.60. The first-order chi connectivity index (χ1) is 16.5. The van der Waals surface area contributed by atoms with Crippen LogP contribution in [0.1, 0.15) is 38.4 Å². The number of nitrogens with zero attached hydrogens (tertiary/aromatic N) is 3. The van der Waals surface area contributed by atoms with Crippen LogP contribution in [0.4, 0.5) is 17.6 Å². The number of halogens is 4. The van der Waals surface area contributed by atoms with E-state index in [1.54, 1.807) is 13.0 Å². The zero-order valence-electron chi connectivity index (χ0n) is 18.8. The van der Waals surface area contributed by atoms with Crippen molar-refractivity contribution >= 4 is 11.9 Å². The first-order valence-electron chi connectivity index (χ1n) is 10.4. The van der Waals surface area contributed by atoms with Gasteiger partial charge >= 0.3 is 12.1 Å². The topological polar surface area (TPSA) is 106 Å². The fraction of sp³-hybridized carbons (Fsp3) is 0.304. The average molecular weight is 494 g/mol. The Morgan fingerprint density at radius 3 is 2.57 bits per heavy atom. The second-order valence-corrected chi connectivity index (χ2v) is 7.60. The van der Waals surface area contributed by atoms with Gasteiger partial charge in [-0.3, -0.25) is 9.59 Å². The van der Waals surface area contributed by atoms with E-state index >= 15 is 0 Å². The molecule has 0 atom stereocenters. The first-order valence-corrected chi connectivity index (χ1v) is 10.4. The third-order valence-corrected chi connectivity index (χ3v) is 5.04. The van der Waals surface area contributed by atoms with Gasteiger partial charge in [0.1, 0.15) is 5.82 Å². The van der Waals surface area contributed by atoms with Gasteiger partial charge in [0, 0.05) is 12.7 Å². The van der Waals surface area contributed by atoms with E-state index in [1.807, 2.05) is 0 Å². The van der Waals surface area contributed by atoms with Gasteiger partial charge in [0.15, 0.2) is 5.82 Å². The van der Waals surface area contributed by atoms with Crippen LogP contribution in [0, 0.1) is 12.7 Å². The molecular formula is C23H22F4N4O4. The zero-order chi connectivity index (χ0) is 25.8. The Bertz CT molecular complexity index is 1240. The number of aliphatic hydroxyl groups is 1. The van der Waals surface area contributed by atoms with Crippen LogP contribution in [0.3, 0.4) is 0 Å². The van der Waals surface area contributed by atoms with E-state index in [0.717, 1.165) is 12.1 Å². The molecule has 0 bridgehead atoms. The number of ether oxygens (including phenoxy) is 1. The largest absolute Gasteiger partial charge is 0.469 e. The molecule has 2 heterocycles. The van der Waals surface area contributed by atoms with Gasteiger partial charge in [-0.25, -0.2) is 14.1 Å². The highest BCUT2D eigenvalue weighted by molar-refractivity contribution is 5.97. The highest BCUT2D eigenvalue weighted by Gasteiger charge is 2.31. The van der Waals surface area contributed by atoms with Crippen LogP contribution in [-0.2, 0) is 28.5 Å². The Morgan fingerprint density at radius 1 is 1.17 bits per heavy atom. The van der Waals surface area contributed by atoms with Crippen LogP contribution >= 0.6 is 0 Å². The number of carbonyl (C=O) groups is 2. The molecule has 186 valence electrons. The summed E-state index contributed by atoms with van der Waals surface area (Å²) in [6.07, 6.45) is -3.65. The van der Waals surface area contributed by atoms with Crippen molar-refractivity contribution in [2.75, 3.05) is 20.3 Å². The molecule has 0 saturated carbocycles. The molecule has 8 nitrogen and oxygen atoms in total. The maximum absolute atomic E-state index is 13.8. The number of amides is 1. The molecule has 1 amide bonds. The lowest BCUT2D eigenvalue weighted by atomic mass is 10.0. The summed E-state index contributed by atoms with van der Waals surface area (Å²) in [6, 6.07) is 5.37. The number of nitrogens with one attached hydrogen (secondary N) is 1. The molecule has 0 radical (unpaired) electrons. The summed E-state index contributed by atoms with van der Waals surface area (Å²) in [7, 11) is 1.19. The average Bonchev–Trinajstić information content (AvgIpc) is 3.12. The summed E-state index contributed by atoms with van der Waals surface area (Å²) in [6.45, 7) is 1.26. The minimum atomic E-state index is -4.69. The lowest BCUT2D eigenvalue weighted by Gasteiger charge is -2.11. The molecule has 1 aromatic carbocycles. The van der Waals surface area contributed by atoms with Crippen molar-refractivity contribution in [2.45, 2.75) is 25.9 Å². The minimum absolute atomic E-state index is 0.0115. The number of pyridine rings is 1. The molecule has 0 aliphatic carbocycles. The third kappa shape index (κ3) is 6.21. The molecule has 0 aliphatic heterocycles. The van der Waals surface area contributed by atoms with Crippen LogP contribution < -0.4 is 5.32 Å². The predicted molar refractivity (Wildman–Crippen MR) is 115 cm³/mol. The summed E-state index contributed by atoms with van der Waals surface area (Å²) in [4.78, 5) is 28.9. The number of esters is 1. The van der Waals surface area contributed by atoms with Gasteiger partial charge in [-0.15, -0.1) is 0 Å². The van der Waals surface area contributed by atoms with Gasteiger partial charge in [0.2, 0.25) is 0 Å². The maximum atomic E-state index is 13.8. The van der Waals surface area contributed by atoms with E-state index in [2.05, 4.69) is 15.4 Å². The second kappa shape index (κ2) is 10.6. The lowest BCUT2D eigenvalue weighted by molar-refractivity contribution is -0.140. The smallest absolute Gasteiger partial charge is 0.416 e. The summed E-state index contributed by atoms with van der Waals surface area (Å²) in [5, 5.41) is 15.8. The Hall–Kier alpha value is -3.80. The van der Waals surface area contributed by atoms with Crippen LogP contribution in [0.25, 0.3) is 5.82 Å². The van der Waals surface area contributed by atoms with Crippen molar-refractivity contribution in [1.82, 2.24) is 20.1 Å². The number of methoxy groups -OCH3 is 1. The van der Waals surface area contributed by atoms with E-state index in [4.69, 9.17) is 9.84 Å². The molecule has 0 spiro atoms. The number of benzene rings is 1. The fourth-order valence-corrected chi connectivity index (χ4v) is 3.53. The quantitative estimate of drug-likeness (QED) is 0.369. The molecular weight excluding hydrogens is 472 g/mol. The highest BCUT2D eigenvalue weighted by atomic mass is 19.4. The Kier molecular flexibility index (Phi) is 7.85. The number of alkyl halides is 3. The van der Waals surface area contributed by atoms with E-state index in [1.165, 1.54) is 24.1 Å². The van der Waals surface area contributed by atoms with Crippen molar-refractivity contribution in [3.05, 3.63) is 76.0 Å². The standard InChI is InChI=1S/C23H22F4N4O4/c1-13-21(22(34)29-5-6-32)18(12-20(33)35-2)31(30-13)19-10-14(3-4-28-19)7-15-8-16(23(25,26)27)11-17(24)9-15/h3-4,8-11,32H,5-7,12H2,1-2H3,(H,29,34). The fourth-order valence-electron chi connectivity index (χ4n) is 3.53. The monoisotopic (exact) mass is 494 g/mol. The van der Waals surface area contributed by atoms with E-state index < -0.39 is 29.4 Å². The summed E-state index contributed by atoms with van der Waals surface area (Å²) in [5.74, 6) is -2.01. The molecule has 0 aliphatic rings. The molecule has 12 heteroatoms. The van der Waals surface area contributed by atoms with Crippen molar-refractivity contribution in [3.8, 4) is 5.82 Å². The number of aliphatic hydroxyl groups excluding tert-OH is 1. The van der Waals surface area contributed by atoms with Crippen molar-refractivity contribution < 1.29 is 37.0 Å². The minimum Gasteiger partial charge on any atom is -0.469 e. The summed E-state index contributed by atoms with van der Waals surface area (Å²) >= 11 is 0. The van der Waals surface area contributed by atoms with Gasteiger partial charge < -0.3 is 15.2 Å². The SMILES string of the molecule is COC(=O)Cc1c(C(=O)NCCO)c(C)nn1-c1cc(Cc2cc(F)cc(C(F)(F)F)c2)ccn1. The molecule has 0 fully saturated rings. The van der Waals surface area contributed by atoms with Gasteiger partial charge in [-0.05, 0) is 54.8 Å². The highest BCUT2D eigenvalue weighted by Crippen LogP contribution is 2.31. The van der Waals surface area contributed by atoms with Crippen molar-refractivity contribution in [3.63, 3.8) is 0 Å². The Labute approximate surface area is 197 Å². The molecule has 2 aromatic heterocycles. The van der Waals surface area contributed by atoms with Gasteiger partial charge in [-0.2, -0.15) is 18.3 Å². The van der Waals surface area contributed by atoms with Crippen molar-refractivity contribution in [2.24, 2.45) is 0 Å². The number of carbonyl (C=O) groups excluding carboxylic acids is 2. The normalized spacial score (nSPS) is 11.4. The molecule has 3 aromatic rings. The number of aromatic nitrogens is 3. The lowest BCUT2D eigenvalue weighted by Crippen LogP contribution is -2.28. The van der Waals surface area contributed by atoms with E-state index in [0.29, 0.717) is 11.6 Å². The Morgan fingerprint density at radius 2 is 1.91 bits per heavy atom. The number of aryl methyl sites for hydroxylation is 1. The number of hydrogen-bond acceptors (Lipinski definition) is 6. The molecule has 2 N–H and O–H groups in total. The van der Waals surface area contributed by atoms with Crippen LogP contribution in [0.2, 0.25) is 0 Å². The number of rotatable bonds is 8. The van der Waals surface area contributed by atoms with Crippen LogP contribution in [-0.4, -0.2) is 52.0 Å². The van der Waals surface area contributed by atoms with E-state index in [9.17, 15) is 27.2 Å². The summed E-state index contributed by atoms with van der Waals surface area (Å²) in [5.41, 5.74) is 0.0765. The van der Waals surface area contributed by atoms with Crippen molar-refractivity contribution in [1.29, 1.82) is 0 Å². The maximum Gasteiger partial charge on any atom is 0.416 e. The molecule has 3 rings (SSSR count). The van der Waals surface area contributed by atoms with Crippen LogP contribution in [0.5, 0.6) is 0 Å². The molecule has 0 unspecified atom stereocenters. The van der Waals surface area contributed by atoms with E-state index in [-0.39, 0.29) is 54.3 Å². The zero-order valence-corrected chi connectivity index (χ0v) is 18.8. The number of hydrogen-bond donors (Lipinski definition) is 2. The molecule has 35 heavy (non-hydrogen) atoms. The Balaban J connectivity index is 2.02. The molecule has 0 saturated heterocycles. The van der Waals surface area contributed by atoms with Gasteiger partial charge in [0.25, 0.3) is 5.91 Å².